The lowest BCUT2D eigenvalue weighted by Gasteiger charge is -2.31. The predicted molar refractivity (Wildman–Crippen MR) is 84.9 cm³/mol. The zero-order valence-electron chi connectivity index (χ0n) is 13.5. The van der Waals surface area contributed by atoms with Crippen LogP contribution < -0.4 is 10.2 Å². The van der Waals surface area contributed by atoms with Crippen LogP contribution in [0.3, 0.4) is 0 Å². The van der Waals surface area contributed by atoms with Crippen LogP contribution in [0.4, 0.5) is 5.69 Å². The second kappa shape index (κ2) is 7.40. The molecule has 1 fully saturated rings. The molecule has 1 unspecified atom stereocenters. The lowest BCUT2D eigenvalue weighted by Crippen LogP contribution is -3.15. The van der Waals surface area contributed by atoms with Crippen LogP contribution in [0.2, 0.25) is 0 Å². The molecule has 1 aromatic rings. The number of hydrogen-bond donors (Lipinski definition) is 2. The van der Waals surface area contributed by atoms with E-state index in [4.69, 9.17) is 0 Å². The highest BCUT2D eigenvalue weighted by Crippen LogP contribution is 2.12. The number of rotatable bonds is 4. The molecule has 0 aromatic heterocycles. The van der Waals surface area contributed by atoms with Crippen LogP contribution >= 0.6 is 0 Å². The van der Waals surface area contributed by atoms with Gasteiger partial charge in [-0.3, -0.25) is 4.79 Å². The van der Waals surface area contributed by atoms with Crippen LogP contribution in [0.5, 0.6) is 0 Å². The van der Waals surface area contributed by atoms with Gasteiger partial charge in [-0.2, -0.15) is 0 Å². The maximum Gasteiger partial charge on any atom is 0.337 e. The van der Waals surface area contributed by atoms with Crippen LogP contribution in [0, 0.1) is 11.8 Å². The SMILES string of the molecule is COC(=O)c1ccc(NC(=O)C[NH+]2C[C@H](C)C[C@H](C)C2)cc1. The topological polar surface area (TPSA) is 59.8 Å². The maximum atomic E-state index is 12.1. The Hall–Kier alpha value is -1.88. The second-order valence-electron chi connectivity index (χ2n) is 6.40. The number of anilines is 1. The summed E-state index contributed by atoms with van der Waals surface area (Å²) in [5.74, 6) is 0.984. The molecule has 0 aliphatic carbocycles. The third-order valence-electron chi connectivity index (χ3n) is 4.08. The van der Waals surface area contributed by atoms with Crippen molar-refractivity contribution >= 4 is 17.6 Å². The molecule has 1 aromatic carbocycles. The fraction of sp³-hybridized carbons (Fsp3) is 0.529. The number of carbonyl (C=O) groups excluding carboxylic acids is 2. The van der Waals surface area contributed by atoms with Gasteiger partial charge in [0.25, 0.3) is 5.91 Å². The number of esters is 1. The molecule has 22 heavy (non-hydrogen) atoms. The van der Waals surface area contributed by atoms with Gasteiger partial charge in [-0.15, -0.1) is 0 Å². The first kappa shape index (κ1) is 16.5. The van der Waals surface area contributed by atoms with Crippen molar-refractivity contribution in [2.75, 3.05) is 32.1 Å². The number of amides is 1. The van der Waals surface area contributed by atoms with E-state index >= 15 is 0 Å². The molecular formula is C17H25N2O3+. The monoisotopic (exact) mass is 305 g/mol. The Bertz CT molecular complexity index is 517. The van der Waals surface area contributed by atoms with E-state index < -0.39 is 0 Å². The van der Waals surface area contributed by atoms with E-state index in [1.54, 1.807) is 24.3 Å². The molecule has 1 amide bonds. The number of quaternary nitrogens is 1. The summed E-state index contributed by atoms with van der Waals surface area (Å²) in [6, 6.07) is 6.75. The van der Waals surface area contributed by atoms with Crippen LogP contribution in [0.15, 0.2) is 24.3 Å². The zero-order valence-corrected chi connectivity index (χ0v) is 13.5. The lowest BCUT2D eigenvalue weighted by atomic mass is 9.92. The molecule has 0 bridgehead atoms. The van der Waals surface area contributed by atoms with Gasteiger partial charge in [-0.1, -0.05) is 13.8 Å². The number of carbonyl (C=O) groups is 2. The minimum absolute atomic E-state index is 0.0159. The van der Waals surface area contributed by atoms with Crippen LogP contribution in [-0.4, -0.2) is 38.6 Å². The number of hydrogen-bond acceptors (Lipinski definition) is 3. The predicted octanol–water partition coefficient (Wildman–Crippen LogP) is 0.972. The van der Waals surface area contributed by atoms with Gasteiger partial charge in [0.05, 0.1) is 25.8 Å². The van der Waals surface area contributed by atoms with E-state index in [1.165, 1.54) is 18.4 Å². The zero-order chi connectivity index (χ0) is 16.1. The van der Waals surface area contributed by atoms with E-state index in [-0.39, 0.29) is 11.9 Å². The highest BCUT2D eigenvalue weighted by Gasteiger charge is 2.26. The molecule has 5 heteroatoms. The largest absolute Gasteiger partial charge is 0.465 e. The first-order valence-electron chi connectivity index (χ1n) is 7.79. The Morgan fingerprint density at radius 2 is 1.77 bits per heavy atom. The fourth-order valence-electron chi connectivity index (χ4n) is 3.31. The molecule has 1 aliphatic heterocycles. The normalized spacial score (nSPS) is 24.6. The Morgan fingerprint density at radius 1 is 1.18 bits per heavy atom. The summed E-state index contributed by atoms with van der Waals surface area (Å²) >= 11 is 0. The molecule has 0 spiro atoms. The van der Waals surface area contributed by atoms with Gasteiger partial charge in [-0.25, -0.2) is 4.79 Å². The smallest absolute Gasteiger partial charge is 0.337 e. The van der Waals surface area contributed by atoms with Crippen molar-refractivity contribution in [2.45, 2.75) is 20.3 Å². The van der Waals surface area contributed by atoms with E-state index in [0.717, 1.165) is 13.1 Å². The average molecular weight is 305 g/mol. The summed E-state index contributed by atoms with van der Waals surface area (Å²) in [5, 5.41) is 2.89. The van der Waals surface area contributed by atoms with Crippen molar-refractivity contribution in [1.29, 1.82) is 0 Å². The first-order valence-corrected chi connectivity index (χ1v) is 7.79. The van der Waals surface area contributed by atoms with Crippen molar-refractivity contribution in [3.05, 3.63) is 29.8 Å². The fourth-order valence-corrected chi connectivity index (χ4v) is 3.31. The molecule has 5 nitrogen and oxygen atoms in total. The van der Waals surface area contributed by atoms with E-state index in [1.807, 2.05) is 0 Å². The summed E-state index contributed by atoms with van der Waals surface area (Å²) in [6.45, 7) is 7.10. The van der Waals surface area contributed by atoms with Crippen molar-refractivity contribution in [3.8, 4) is 0 Å². The highest BCUT2D eigenvalue weighted by atomic mass is 16.5. The molecule has 1 saturated heterocycles. The van der Waals surface area contributed by atoms with Crippen LogP contribution in [0.1, 0.15) is 30.6 Å². The summed E-state index contributed by atoms with van der Waals surface area (Å²) in [6.07, 6.45) is 1.25. The molecule has 3 atom stereocenters. The number of likely N-dealkylation sites (tertiary alicyclic amines) is 1. The van der Waals surface area contributed by atoms with Crippen molar-refractivity contribution in [1.82, 2.24) is 0 Å². The lowest BCUT2D eigenvalue weighted by molar-refractivity contribution is -0.904. The summed E-state index contributed by atoms with van der Waals surface area (Å²) < 4.78 is 4.65. The van der Waals surface area contributed by atoms with Gasteiger partial charge in [0.1, 0.15) is 0 Å². The molecule has 0 saturated carbocycles. The van der Waals surface area contributed by atoms with Gasteiger partial charge in [0.2, 0.25) is 0 Å². The van der Waals surface area contributed by atoms with Crippen molar-refractivity contribution < 1.29 is 19.2 Å². The van der Waals surface area contributed by atoms with E-state index in [0.29, 0.717) is 29.6 Å². The number of ether oxygens (including phenoxy) is 1. The Labute approximate surface area is 131 Å². The maximum absolute atomic E-state index is 12.1. The summed E-state index contributed by atoms with van der Waals surface area (Å²) in [5.41, 5.74) is 1.18. The summed E-state index contributed by atoms with van der Waals surface area (Å²) in [7, 11) is 1.35. The molecule has 1 aliphatic rings. The third-order valence-corrected chi connectivity index (χ3v) is 4.08. The van der Waals surface area contributed by atoms with Gasteiger partial charge in [-0.05, 0) is 30.7 Å². The highest BCUT2D eigenvalue weighted by molar-refractivity contribution is 5.93. The first-order chi connectivity index (χ1) is 10.5. The van der Waals surface area contributed by atoms with Crippen LogP contribution in [-0.2, 0) is 9.53 Å². The van der Waals surface area contributed by atoms with Crippen molar-refractivity contribution in [3.63, 3.8) is 0 Å². The second-order valence-corrected chi connectivity index (χ2v) is 6.40. The Kier molecular flexibility index (Phi) is 5.55. The number of piperidine rings is 1. The molecule has 120 valence electrons. The van der Waals surface area contributed by atoms with Crippen molar-refractivity contribution in [2.24, 2.45) is 11.8 Å². The Morgan fingerprint density at radius 3 is 2.32 bits per heavy atom. The minimum atomic E-state index is -0.376. The Balaban J connectivity index is 1.87. The number of nitrogens with one attached hydrogen (secondary N) is 2. The van der Waals surface area contributed by atoms with Crippen LogP contribution in [0.25, 0.3) is 0 Å². The quantitative estimate of drug-likeness (QED) is 0.815. The number of methoxy groups -OCH3 is 1. The van der Waals surface area contributed by atoms with Gasteiger partial charge in [0, 0.05) is 17.5 Å². The molecular weight excluding hydrogens is 280 g/mol. The summed E-state index contributed by atoms with van der Waals surface area (Å²) in [4.78, 5) is 24.8. The molecule has 2 N–H and O–H groups in total. The standard InChI is InChI=1S/C17H24N2O3/c1-12-8-13(2)10-19(9-12)11-16(20)18-15-6-4-14(5-7-15)17(21)22-3/h4-7,12-13H,8-11H2,1-3H3,(H,18,20)/p+1/t12-,13+. The van der Waals surface area contributed by atoms with Gasteiger partial charge in [0.15, 0.2) is 6.54 Å². The number of benzene rings is 1. The molecule has 2 rings (SSSR count). The molecule has 1 heterocycles. The molecule has 0 radical (unpaired) electrons. The minimum Gasteiger partial charge on any atom is -0.465 e. The van der Waals surface area contributed by atoms with Gasteiger partial charge >= 0.3 is 5.97 Å². The van der Waals surface area contributed by atoms with E-state index in [2.05, 4.69) is 23.9 Å². The van der Waals surface area contributed by atoms with E-state index in [9.17, 15) is 9.59 Å². The van der Waals surface area contributed by atoms with Gasteiger partial charge < -0.3 is 15.0 Å². The average Bonchev–Trinajstić information content (AvgIpc) is 2.46. The third kappa shape index (κ3) is 4.56.